The zero-order valence-corrected chi connectivity index (χ0v) is 12.4. The van der Waals surface area contributed by atoms with Gasteiger partial charge in [-0.3, -0.25) is 9.59 Å². The lowest BCUT2D eigenvalue weighted by molar-refractivity contribution is -0.133. The van der Waals surface area contributed by atoms with Crippen LogP contribution in [0.1, 0.15) is 32.1 Å². The molecule has 22 heavy (non-hydrogen) atoms. The Kier molecular flexibility index (Phi) is 4.37. The zero-order valence-electron chi connectivity index (χ0n) is 12.4. The summed E-state index contributed by atoms with van der Waals surface area (Å²) >= 11 is 0. The topological polar surface area (TPSA) is 100 Å². The maximum absolute atomic E-state index is 12.2. The van der Waals surface area contributed by atoms with Crippen molar-refractivity contribution in [2.45, 2.75) is 44.7 Å². The van der Waals surface area contributed by atoms with Crippen molar-refractivity contribution in [3.63, 3.8) is 0 Å². The van der Waals surface area contributed by atoms with E-state index < -0.39 is 0 Å². The molecular weight excluding hydrogens is 286 g/mol. The molecule has 0 aromatic carbocycles. The Morgan fingerprint density at radius 2 is 2.14 bits per heavy atom. The number of rotatable bonds is 5. The Balaban J connectivity index is 1.54. The second-order valence-electron chi connectivity index (χ2n) is 5.98. The van der Waals surface area contributed by atoms with Gasteiger partial charge < -0.3 is 15.3 Å². The van der Waals surface area contributed by atoms with Gasteiger partial charge in [0.15, 0.2) is 5.82 Å². The van der Waals surface area contributed by atoms with E-state index in [2.05, 4.69) is 15.6 Å². The predicted molar refractivity (Wildman–Crippen MR) is 77.8 cm³/mol. The molecule has 1 aliphatic heterocycles. The molecule has 1 saturated carbocycles. The van der Waals surface area contributed by atoms with Crippen LogP contribution in [0.5, 0.6) is 0 Å². The van der Waals surface area contributed by atoms with Crippen LogP contribution in [0.25, 0.3) is 0 Å². The molecule has 0 bridgehead atoms. The van der Waals surface area contributed by atoms with Crippen molar-refractivity contribution in [1.29, 1.82) is 0 Å². The van der Waals surface area contributed by atoms with Crippen molar-refractivity contribution < 1.29 is 14.7 Å². The molecular formula is C14H21N5O3. The molecule has 1 atom stereocenters. The van der Waals surface area contributed by atoms with Gasteiger partial charge in [0, 0.05) is 12.5 Å². The highest BCUT2D eigenvalue weighted by Gasteiger charge is 2.28. The summed E-state index contributed by atoms with van der Waals surface area (Å²) < 4.78 is 1.42. The molecule has 2 heterocycles. The minimum atomic E-state index is -0.0891. The molecule has 1 aromatic heterocycles. The number of anilines is 1. The summed E-state index contributed by atoms with van der Waals surface area (Å²) in [6.45, 7) is 0.735. The van der Waals surface area contributed by atoms with Crippen LogP contribution >= 0.6 is 0 Å². The van der Waals surface area contributed by atoms with E-state index in [1.54, 1.807) is 11.1 Å². The Bertz CT molecular complexity index is 554. The molecule has 0 radical (unpaired) electrons. The summed E-state index contributed by atoms with van der Waals surface area (Å²) in [4.78, 5) is 25.7. The third-order valence-corrected chi connectivity index (χ3v) is 4.47. The van der Waals surface area contributed by atoms with E-state index in [1.807, 2.05) is 0 Å². The molecule has 1 saturated heterocycles. The summed E-state index contributed by atoms with van der Waals surface area (Å²) in [5.74, 6) is 0.356. The highest BCUT2D eigenvalue weighted by atomic mass is 16.3. The van der Waals surface area contributed by atoms with Gasteiger partial charge in [0.2, 0.25) is 11.8 Å². The fraction of sp³-hybridized carbons (Fsp3) is 0.714. The van der Waals surface area contributed by atoms with E-state index in [9.17, 15) is 14.7 Å². The smallest absolute Gasteiger partial charge is 0.244 e. The summed E-state index contributed by atoms with van der Waals surface area (Å²) in [5.41, 5.74) is 0. The van der Waals surface area contributed by atoms with E-state index >= 15 is 0 Å². The number of hydrogen-bond donors (Lipinski definition) is 2. The minimum absolute atomic E-state index is 0.00814. The third-order valence-electron chi connectivity index (χ3n) is 4.47. The maximum Gasteiger partial charge on any atom is 0.244 e. The van der Waals surface area contributed by atoms with Gasteiger partial charge in [0.05, 0.1) is 18.8 Å². The molecule has 8 nitrogen and oxygen atoms in total. The summed E-state index contributed by atoms with van der Waals surface area (Å²) in [6.07, 6.45) is 6.27. The van der Waals surface area contributed by atoms with Crippen molar-refractivity contribution in [2.75, 3.05) is 18.5 Å². The number of amides is 2. The Labute approximate surface area is 128 Å². The lowest BCUT2D eigenvalue weighted by atomic mass is 9.85. The molecule has 120 valence electrons. The average molecular weight is 307 g/mol. The van der Waals surface area contributed by atoms with E-state index in [0.29, 0.717) is 12.4 Å². The molecule has 2 fully saturated rings. The van der Waals surface area contributed by atoms with Gasteiger partial charge in [-0.2, -0.15) is 0 Å². The van der Waals surface area contributed by atoms with Crippen LogP contribution < -0.4 is 5.32 Å². The first kappa shape index (κ1) is 15.0. The second-order valence-corrected chi connectivity index (χ2v) is 5.98. The lowest BCUT2D eigenvalue weighted by Gasteiger charge is -2.23. The van der Waals surface area contributed by atoms with Gasteiger partial charge in [-0.1, -0.05) is 11.6 Å². The minimum Gasteiger partial charge on any atom is -0.394 e. The predicted octanol–water partition coefficient (Wildman–Crippen LogP) is -0.000000000000000666. The van der Waals surface area contributed by atoms with Gasteiger partial charge in [0.25, 0.3) is 0 Å². The molecule has 2 amide bonds. The van der Waals surface area contributed by atoms with Crippen LogP contribution in [0.2, 0.25) is 0 Å². The number of carbonyl (C=O) groups excluding carboxylic acids is 2. The van der Waals surface area contributed by atoms with Crippen LogP contribution in [0.4, 0.5) is 5.82 Å². The molecule has 0 spiro atoms. The fourth-order valence-electron chi connectivity index (χ4n) is 2.91. The third kappa shape index (κ3) is 3.11. The van der Waals surface area contributed by atoms with Crippen LogP contribution in [-0.2, 0) is 16.1 Å². The Morgan fingerprint density at radius 1 is 1.32 bits per heavy atom. The maximum atomic E-state index is 12.2. The van der Waals surface area contributed by atoms with Gasteiger partial charge in [-0.15, -0.1) is 5.10 Å². The number of aliphatic hydroxyl groups is 1. The number of nitrogens with zero attached hydrogens (tertiary/aromatic N) is 4. The fourth-order valence-corrected chi connectivity index (χ4v) is 2.91. The number of aliphatic hydroxyl groups excluding tert-OH is 1. The normalized spacial score (nSPS) is 21.7. The van der Waals surface area contributed by atoms with Gasteiger partial charge in [0.1, 0.15) is 6.54 Å². The lowest BCUT2D eigenvalue weighted by Crippen LogP contribution is -2.39. The standard InChI is InChI=1S/C14H21N5O3/c20-9-11-5-2-6-19(11)13(21)8-18-7-12(16-17-18)15-14(22)10-3-1-4-10/h7,10-11,20H,1-6,8-9H2,(H,15,22). The quantitative estimate of drug-likeness (QED) is 0.797. The SMILES string of the molecule is O=C(Nc1cn(CC(=O)N2CCCC2CO)nn1)C1CCC1. The summed E-state index contributed by atoms with van der Waals surface area (Å²) in [6, 6.07) is -0.0891. The molecule has 1 aromatic rings. The molecule has 3 rings (SSSR count). The number of likely N-dealkylation sites (tertiary alicyclic amines) is 1. The first-order chi connectivity index (χ1) is 10.7. The first-order valence-corrected chi connectivity index (χ1v) is 7.78. The van der Waals surface area contributed by atoms with Crippen LogP contribution in [0, 0.1) is 5.92 Å². The molecule has 1 aliphatic carbocycles. The summed E-state index contributed by atoms with van der Waals surface area (Å²) in [7, 11) is 0. The molecule has 8 heteroatoms. The van der Waals surface area contributed by atoms with Crippen molar-refractivity contribution in [2.24, 2.45) is 5.92 Å². The Hall–Kier alpha value is -1.96. The summed E-state index contributed by atoms with van der Waals surface area (Å²) in [5, 5.41) is 19.7. The van der Waals surface area contributed by atoms with E-state index in [4.69, 9.17) is 0 Å². The highest BCUT2D eigenvalue weighted by molar-refractivity contribution is 5.92. The zero-order chi connectivity index (χ0) is 15.5. The average Bonchev–Trinajstić information content (AvgIpc) is 3.05. The van der Waals surface area contributed by atoms with E-state index in [0.717, 1.165) is 32.1 Å². The number of aromatic nitrogens is 3. The van der Waals surface area contributed by atoms with E-state index in [-0.39, 0.29) is 36.9 Å². The van der Waals surface area contributed by atoms with E-state index in [1.165, 1.54) is 4.68 Å². The number of nitrogens with one attached hydrogen (secondary N) is 1. The Morgan fingerprint density at radius 3 is 2.82 bits per heavy atom. The number of hydrogen-bond acceptors (Lipinski definition) is 5. The van der Waals surface area contributed by atoms with Crippen LogP contribution in [0.15, 0.2) is 6.20 Å². The van der Waals surface area contributed by atoms with Crippen LogP contribution in [0.3, 0.4) is 0 Å². The van der Waals surface area contributed by atoms with Crippen molar-refractivity contribution in [3.05, 3.63) is 6.20 Å². The van der Waals surface area contributed by atoms with Crippen molar-refractivity contribution in [1.82, 2.24) is 19.9 Å². The van der Waals surface area contributed by atoms with Gasteiger partial charge in [-0.05, 0) is 25.7 Å². The number of carbonyl (C=O) groups is 2. The van der Waals surface area contributed by atoms with Crippen molar-refractivity contribution in [3.8, 4) is 0 Å². The monoisotopic (exact) mass is 307 g/mol. The molecule has 2 N–H and O–H groups in total. The van der Waals surface area contributed by atoms with Gasteiger partial charge in [-0.25, -0.2) is 4.68 Å². The van der Waals surface area contributed by atoms with Crippen LogP contribution in [-0.4, -0.2) is 56.0 Å². The molecule has 2 aliphatic rings. The largest absolute Gasteiger partial charge is 0.394 e. The molecule has 1 unspecified atom stereocenters. The second kappa shape index (κ2) is 6.43. The highest BCUT2D eigenvalue weighted by Crippen LogP contribution is 2.27. The van der Waals surface area contributed by atoms with Gasteiger partial charge >= 0.3 is 0 Å². The van der Waals surface area contributed by atoms with Crippen molar-refractivity contribution >= 4 is 17.6 Å². The first-order valence-electron chi connectivity index (χ1n) is 7.78.